The lowest BCUT2D eigenvalue weighted by Crippen LogP contribution is -2.47. The molecule has 6 aromatic rings. The van der Waals surface area contributed by atoms with Crippen molar-refractivity contribution in [1.29, 1.82) is 5.26 Å². The Morgan fingerprint density at radius 2 is 0.956 bits per heavy atom. The summed E-state index contributed by atoms with van der Waals surface area (Å²) in [4.78, 5) is 92.3. The number of hydrogen-bond donors (Lipinski definition) is 2. The van der Waals surface area contributed by atoms with Crippen LogP contribution in [0.5, 0.6) is 23.0 Å². The highest BCUT2D eigenvalue weighted by Crippen LogP contribution is 2.43. The number of methoxy groups -OCH3 is 4. The number of Topliss-reactive ketones (excluding diaryl/α,β-unsaturated/α-hetero) is 1. The lowest BCUT2D eigenvalue weighted by molar-refractivity contribution is -0.130. The molecule has 2 saturated heterocycles. The Morgan fingerprint density at radius 1 is 0.560 bits per heavy atom. The van der Waals surface area contributed by atoms with Crippen LogP contribution >= 0.6 is 7.36 Å². The number of ether oxygens (including phenoxy) is 4. The van der Waals surface area contributed by atoms with Gasteiger partial charge in [-0.25, -0.2) is 0 Å². The molecule has 5 atom stereocenters. The van der Waals surface area contributed by atoms with Gasteiger partial charge in [0.2, 0.25) is 5.91 Å². The predicted molar refractivity (Wildman–Crippen MR) is 356 cm³/mol. The largest absolute Gasteiger partial charge is 0.493 e. The van der Waals surface area contributed by atoms with Crippen LogP contribution in [0.4, 0.5) is 11.4 Å². The van der Waals surface area contributed by atoms with Crippen LogP contribution in [0.1, 0.15) is 134 Å². The highest BCUT2D eigenvalue weighted by molar-refractivity contribution is 7.96. The smallest absolute Gasteiger partial charge is 0.264 e. The maximum absolute atomic E-state index is 14.3. The first-order valence-electron chi connectivity index (χ1n) is 30.7. The van der Waals surface area contributed by atoms with Gasteiger partial charge < -0.3 is 39.8 Å². The number of anilines is 2. The minimum Gasteiger partial charge on any atom is -0.493 e. The number of carbonyl (C=O) groups excluding carboxylic acids is 6. The molecule has 21 heteroatoms. The summed E-state index contributed by atoms with van der Waals surface area (Å²) < 4.78 is 21.9. The van der Waals surface area contributed by atoms with Crippen LogP contribution < -0.4 is 39.8 Å². The molecule has 0 aliphatic carbocycles. The zero-order valence-corrected chi connectivity index (χ0v) is 54.8. The number of imide groups is 2. The molecule has 0 saturated carbocycles. The Bertz CT molecular complexity index is 3600. The number of nitrogens with one attached hydrogen (secondary N) is 1. The van der Waals surface area contributed by atoms with E-state index < -0.39 is 35.6 Å². The third-order valence-electron chi connectivity index (χ3n) is 17.5. The Morgan fingerprint density at radius 3 is 1.32 bits per heavy atom. The summed E-state index contributed by atoms with van der Waals surface area (Å²) in [5.41, 5.74) is 13.2. The third-order valence-corrected chi connectivity index (χ3v) is 17.5. The standard InChI is InChI=1S/C37H41N5O6.C32H38N4O4.CH3PS/c1-24(26-10-6-5-7-11-26)40-18-20-41(21-19-40)31-13-8-12-28-34(31)37(46)42(36(28)45)30(27-15-16-32(47-3)33(22-27)48-4)14-9-17-39-35(44)29(23-38)25(2)43;1-22(23-9-5-4-6-10-23)34-17-19-35(20-18-34)27-12-7-11-25-30(27)32(38)36(31(25)37)26(13-8-16-33)24-14-15-28(39-2)29(21-24)40-3;1-2-3/h5-8,10-13,15-16,22,24,29-30H,9,14,17-21H2,1-4H3,(H,39,44);4-7,9-12,14-15,21-22,26H,8,13,16-20,33H2,1-3H3;1H3/t24-,29?,30-;22-,26-;/m11./s1. The normalized spacial score (nSPS) is 16.4. The number of amides is 5. The highest BCUT2D eigenvalue weighted by Gasteiger charge is 2.45. The average Bonchev–Trinajstić information content (AvgIpc) is 1.63. The van der Waals surface area contributed by atoms with Crippen molar-refractivity contribution in [2.45, 2.75) is 70.6 Å². The summed E-state index contributed by atoms with van der Waals surface area (Å²) in [5.74, 6) is -1.79. The van der Waals surface area contributed by atoms with E-state index in [9.17, 15) is 34.0 Å². The highest BCUT2D eigenvalue weighted by atomic mass is 32.4. The molecule has 4 aliphatic heterocycles. The van der Waals surface area contributed by atoms with Crippen LogP contribution in [-0.4, -0.2) is 155 Å². The van der Waals surface area contributed by atoms with Crippen LogP contribution in [0.3, 0.4) is 0 Å². The summed E-state index contributed by atoms with van der Waals surface area (Å²) in [6.07, 6.45) is 1.90. The minimum absolute atomic E-state index is 0.147. The molecular weight excluding hydrogens is 1190 g/mol. The zero-order valence-electron chi connectivity index (χ0n) is 53.1. The van der Waals surface area contributed by atoms with E-state index in [0.717, 1.165) is 63.6 Å². The number of ketones is 1. The van der Waals surface area contributed by atoms with Gasteiger partial charge >= 0.3 is 0 Å². The van der Waals surface area contributed by atoms with Gasteiger partial charge in [0.15, 0.2) is 34.7 Å². The molecule has 0 radical (unpaired) electrons. The van der Waals surface area contributed by atoms with Gasteiger partial charge in [0, 0.05) is 71.0 Å². The molecule has 10 rings (SSSR count). The van der Waals surface area contributed by atoms with Gasteiger partial charge in [0.05, 0.1) is 80.2 Å². The predicted octanol–water partition coefficient (Wildman–Crippen LogP) is 10.2. The van der Waals surface area contributed by atoms with E-state index in [1.54, 1.807) is 50.6 Å². The fraction of sp³-hybridized carbons (Fsp3) is 0.386. The van der Waals surface area contributed by atoms with Gasteiger partial charge in [-0.15, -0.1) is 0 Å². The monoisotopic (exact) mass is 1270 g/mol. The molecule has 4 aliphatic rings. The number of carbonyl (C=O) groups is 6. The van der Waals surface area contributed by atoms with Crippen molar-refractivity contribution >= 4 is 65.9 Å². The van der Waals surface area contributed by atoms with Crippen molar-refractivity contribution in [1.82, 2.24) is 24.9 Å². The van der Waals surface area contributed by atoms with Gasteiger partial charge in [-0.3, -0.25) is 48.4 Å². The van der Waals surface area contributed by atoms with E-state index in [-0.39, 0.29) is 30.3 Å². The lowest BCUT2D eigenvalue weighted by atomic mass is 9.99. The molecule has 2 fully saturated rings. The van der Waals surface area contributed by atoms with Gasteiger partial charge in [-0.05, 0) is 138 Å². The van der Waals surface area contributed by atoms with Crippen LogP contribution in [0, 0.1) is 17.2 Å². The van der Waals surface area contributed by atoms with E-state index in [0.29, 0.717) is 102 Å². The van der Waals surface area contributed by atoms with Crippen LogP contribution in [0.25, 0.3) is 0 Å². The Hall–Kier alpha value is -8.57. The van der Waals surface area contributed by atoms with Gasteiger partial charge in [-0.2, -0.15) is 5.26 Å². The Kier molecular flexibility index (Phi) is 24.4. The summed E-state index contributed by atoms with van der Waals surface area (Å²) in [7, 11) is 7.20. The number of benzene rings is 6. The number of piperazine rings is 2. The number of nitriles is 1. The number of fused-ring (bicyclic) bond motifs is 2. The molecule has 3 N–H and O–H groups in total. The molecule has 478 valence electrons. The van der Waals surface area contributed by atoms with E-state index in [2.05, 4.69) is 87.0 Å². The number of nitrogens with zero attached hydrogens (tertiary/aromatic N) is 7. The van der Waals surface area contributed by atoms with E-state index in [1.807, 2.05) is 73.4 Å². The minimum atomic E-state index is -1.38. The first kappa shape index (κ1) is 68.3. The van der Waals surface area contributed by atoms with Crippen molar-refractivity contribution in [2.75, 3.05) is 110 Å². The summed E-state index contributed by atoms with van der Waals surface area (Å²) in [5, 5.41) is 11.8. The quantitative estimate of drug-likeness (QED) is 0.0264. The maximum atomic E-state index is 14.3. The van der Waals surface area contributed by atoms with E-state index in [1.165, 1.54) is 42.1 Å². The van der Waals surface area contributed by atoms with E-state index in [4.69, 9.17) is 24.7 Å². The molecular formula is C70H82N9O10PS. The van der Waals surface area contributed by atoms with Crippen molar-refractivity contribution < 1.29 is 47.7 Å². The number of nitrogens with two attached hydrogens (primary N) is 1. The van der Waals surface area contributed by atoms with Crippen molar-refractivity contribution in [2.24, 2.45) is 11.7 Å². The number of hydrogen-bond acceptors (Lipinski definition) is 17. The second-order valence-corrected chi connectivity index (χ2v) is 24.0. The number of rotatable bonds is 23. The molecule has 4 heterocycles. The second-order valence-electron chi connectivity index (χ2n) is 22.6. The van der Waals surface area contributed by atoms with Gasteiger partial charge in [-0.1, -0.05) is 96.7 Å². The SMILES string of the molecule is COc1ccc([C@@H](CCCN)N2C(=O)c3cccc(N4CCN([C@H](C)c5ccccc5)CC4)c3C2=O)cc1OC.COc1ccc([C@@H](CCCNC(=O)C(C#N)C(C)=O)N2C(=O)c3cccc(N4CCN([C@H](C)c5ccccc5)CC4)c3C2=O)cc1OC.CP=S. The fourth-order valence-corrected chi connectivity index (χ4v) is 12.5. The first-order valence-corrected chi connectivity index (χ1v) is 33.1. The molecule has 91 heavy (non-hydrogen) atoms. The van der Waals surface area contributed by atoms with Crippen molar-refractivity contribution in [3.63, 3.8) is 0 Å². The topological polar surface area (TPSA) is 221 Å². The molecule has 0 spiro atoms. The van der Waals surface area contributed by atoms with Crippen molar-refractivity contribution in [3.05, 3.63) is 178 Å². The molecule has 1 unspecified atom stereocenters. The summed E-state index contributed by atoms with van der Waals surface area (Å²) in [6, 6.07) is 43.9. The van der Waals surface area contributed by atoms with Crippen molar-refractivity contribution in [3.8, 4) is 29.1 Å². The van der Waals surface area contributed by atoms with Gasteiger partial charge in [0.25, 0.3) is 23.6 Å². The second kappa shape index (κ2) is 32.4. The van der Waals surface area contributed by atoms with Crippen LogP contribution in [0.15, 0.2) is 133 Å². The maximum Gasteiger partial charge on any atom is 0.264 e. The van der Waals surface area contributed by atoms with Crippen LogP contribution in [-0.2, 0) is 21.4 Å². The molecule has 5 amide bonds. The fourth-order valence-electron chi connectivity index (χ4n) is 12.5. The van der Waals surface area contributed by atoms with Gasteiger partial charge in [0.1, 0.15) is 0 Å². The molecule has 0 aromatic heterocycles. The van der Waals surface area contributed by atoms with E-state index >= 15 is 0 Å². The Balaban J connectivity index is 0.000000228. The van der Waals surface area contributed by atoms with Crippen LogP contribution in [0.2, 0.25) is 0 Å². The Labute approximate surface area is 540 Å². The zero-order chi connectivity index (χ0) is 65.3. The molecule has 6 aromatic carbocycles. The third kappa shape index (κ3) is 15.4. The summed E-state index contributed by atoms with van der Waals surface area (Å²) in [6.45, 7) is 14.5. The lowest BCUT2D eigenvalue weighted by Gasteiger charge is -2.39. The molecule has 0 bridgehead atoms. The molecule has 19 nitrogen and oxygen atoms in total. The summed E-state index contributed by atoms with van der Waals surface area (Å²) >= 11 is 4.37. The first-order chi connectivity index (χ1) is 44.1. The average molecular weight is 1270 g/mol.